The molecule has 3 heteroatoms. The summed E-state index contributed by atoms with van der Waals surface area (Å²) in [5.41, 5.74) is 1.32. The number of hydrogen-bond donors (Lipinski definition) is 1. The van der Waals surface area contributed by atoms with Crippen LogP contribution in [0.4, 0.5) is 0 Å². The Morgan fingerprint density at radius 1 is 1.21 bits per heavy atom. The van der Waals surface area contributed by atoms with Gasteiger partial charge in [-0.05, 0) is 12.0 Å². The molecule has 0 unspecified atom stereocenters. The van der Waals surface area contributed by atoms with Crippen molar-refractivity contribution in [1.82, 2.24) is 5.32 Å². The van der Waals surface area contributed by atoms with E-state index in [9.17, 15) is 0 Å². The highest BCUT2D eigenvalue weighted by atomic mass is 35.5. The van der Waals surface area contributed by atoms with E-state index in [1.54, 1.807) is 0 Å². The Labute approximate surface area is 90.8 Å². The van der Waals surface area contributed by atoms with E-state index in [1.807, 2.05) is 6.07 Å². The Bertz CT molecular complexity index is 295. The molecular formula is C11H15ClN2. The SMILES string of the molecule is Cl.c1ccc(CNC2=NCCC2)cc1. The van der Waals surface area contributed by atoms with Crippen LogP contribution in [0.5, 0.6) is 0 Å². The van der Waals surface area contributed by atoms with E-state index < -0.39 is 0 Å². The molecule has 2 rings (SSSR count). The molecule has 0 spiro atoms. The lowest BCUT2D eigenvalue weighted by atomic mass is 10.2. The number of nitrogens with one attached hydrogen (secondary N) is 1. The van der Waals surface area contributed by atoms with E-state index in [1.165, 1.54) is 17.8 Å². The van der Waals surface area contributed by atoms with Gasteiger partial charge < -0.3 is 5.32 Å². The summed E-state index contributed by atoms with van der Waals surface area (Å²) in [6.45, 7) is 1.90. The molecule has 1 aliphatic rings. The van der Waals surface area contributed by atoms with Crippen molar-refractivity contribution >= 4 is 18.2 Å². The maximum Gasteiger partial charge on any atom is 0.0966 e. The summed E-state index contributed by atoms with van der Waals surface area (Å²) < 4.78 is 0. The first-order chi connectivity index (χ1) is 6.45. The normalized spacial score (nSPS) is 14.4. The van der Waals surface area contributed by atoms with E-state index >= 15 is 0 Å². The van der Waals surface area contributed by atoms with Gasteiger partial charge in [0.15, 0.2) is 0 Å². The van der Waals surface area contributed by atoms with Crippen LogP contribution in [0.3, 0.4) is 0 Å². The standard InChI is InChI=1S/C11H14N2.ClH/c1-2-5-10(6-3-1)9-13-11-7-4-8-12-11;/h1-3,5-6H,4,7-9H2,(H,12,13);1H. The van der Waals surface area contributed by atoms with Crippen molar-refractivity contribution in [2.75, 3.05) is 6.54 Å². The molecule has 0 aromatic heterocycles. The van der Waals surface area contributed by atoms with Crippen LogP contribution in [0, 0.1) is 0 Å². The first-order valence-corrected chi connectivity index (χ1v) is 4.76. The molecule has 0 saturated heterocycles. The molecule has 0 saturated carbocycles. The van der Waals surface area contributed by atoms with Crippen molar-refractivity contribution in [3.63, 3.8) is 0 Å². The molecule has 0 radical (unpaired) electrons. The summed E-state index contributed by atoms with van der Waals surface area (Å²) in [6.07, 6.45) is 2.32. The van der Waals surface area contributed by atoms with E-state index in [0.717, 1.165) is 19.5 Å². The van der Waals surface area contributed by atoms with Gasteiger partial charge in [-0.2, -0.15) is 0 Å². The first kappa shape index (κ1) is 11.1. The van der Waals surface area contributed by atoms with E-state index in [4.69, 9.17) is 0 Å². The van der Waals surface area contributed by atoms with Gasteiger partial charge in [-0.25, -0.2) is 0 Å². The third kappa shape index (κ3) is 3.04. The van der Waals surface area contributed by atoms with Crippen molar-refractivity contribution in [3.8, 4) is 0 Å². The maximum absolute atomic E-state index is 4.36. The molecule has 1 aromatic carbocycles. The molecule has 1 heterocycles. The maximum atomic E-state index is 4.36. The predicted octanol–water partition coefficient (Wildman–Crippen LogP) is 2.39. The van der Waals surface area contributed by atoms with Crippen LogP contribution in [-0.4, -0.2) is 12.4 Å². The van der Waals surface area contributed by atoms with Crippen LogP contribution in [0.15, 0.2) is 35.3 Å². The Morgan fingerprint density at radius 3 is 2.64 bits per heavy atom. The largest absolute Gasteiger partial charge is 0.370 e. The molecular weight excluding hydrogens is 196 g/mol. The smallest absolute Gasteiger partial charge is 0.0966 e. The minimum Gasteiger partial charge on any atom is -0.370 e. The molecule has 0 aliphatic carbocycles. The van der Waals surface area contributed by atoms with Crippen LogP contribution in [0.1, 0.15) is 18.4 Å². The van der Waals surface area contributed by atoms with Crippen molar-refractivity contribution < 1.29 is 0 Å². The molecule has 1 aliphatic heterocycles. The molecule has 14 heavy (non-hydrogen) atoms. The van der Waals surface area contributed by atoms with Crippen molar-refractivity contribution in [2.24, 2.45) is 4.99 Å². The molecule has 0 bridgehead atoms. The Hall–Kier alpha value is -1.02. The topological polar surface area (TPSA) is 24.4 Å². The zero-order valence-corrected chi connectivity index (χ0v) is 8.89. The zero-order chi connectivity index (χ0) is 8.93. The average Bonchev–Trinajstić information content (AvgIpc) is 2.69. The predicted molar refractivity (Wildman–Crippen MR) is 62.1 cm³/mol. The third-order valence-corrected chi connectivity index (χ3v) is 2.21. The van der Waals surface area contributed by atoms with Crippen molar-refractivity contribution in [1.29, 1.82) is 0 Å². The highest BCUT2D eigenvalue weighted by Gasteiger charge is 2.04. The zero-order valence-electron chi connectivity index (χ0n) is 8.07. The van der Waals surface area contributed by atoms with E-state index in [0.29, 0.717) is 0 Å². The van der Waals surface area contributed by atoms with E-state index in [2.05, 4.69) is 34.6 Å². The molecule has 0 amide bonds. The summed E-state index contributed by atoms with van der Waals surface area (Å²) in [5.74, 6) is 1.17. The summed E-state index contributed by atoms with van der Waals surface area (Å²) in [5, 5.41) is 3.35. The van der Waals surface area contributed by atoms with Gasteiger partial charge in [-0.15, -0.1) is 12.4 Å². The number of benzene rings is 1. The van der Waals surface area contributed by atoms with Gasteiger partial charge in [0.2, 0.25) is 0 Å². The fraction of sp³-hybridized carbons (Fsp3) is 0.364. The van der Waals surface area contributed by atoms with Crippen LogP contribution in [0.2, 0.25) is 0 Å². The third-order valence-electron chi connectivity index (χ3n) is 2.21. The number of rotatable bonds is 2. The van der Waals surface area contributed by atoms with Gasteiger partial charge in [-0.1, -0.05) is 30.3 Å². The second-order valence-corrected chi connectivity index (χ2v) is 3.27. The first-order valence-electron chi connectivity index (χ1n) is 4.76. The lowest BCUT2D eigenvalue weighted by Crippen LogP contribution is -2.20. The van der Waals surface area contributed by atoms with Gasteiger partial charge in [0.25, 0.3) is 0 Å². The minimum atomic E-state index is 0. The van der Waals surface area contributed by atoms with Crippen molar-refractivity contribution in [2.45, 2.75) is 19.4 Å². The number of aliphatic imine (C=N–C) groups is 1. The number of amidine groups is 1. The van der Waals surface area contributed by atoms with Gasteiger partial charge in [-0.3, -0.25) is 4.99 Å². The molecule has 0 atom stereocenters. The van der Waals surface area contributed by atoms with Crippen LogP contribution in [0.25, 0.3) is 0 Å². The number of hydrogen-bond acceptors (Lipinski definition) is 2. The van der Waals surface area contributed by atoms with Crippen LogP contribution >= 0.6 is 12.4 Å². The number of halogens is 1. The summed E-state index contributed by atoms with van der Waals surface area (Å²) in [4.78, 5) is 4.36. The average molecular weight is 211 g/mol. The summed E-state index contributed by atoms with van der Waals surface area (Å²) in [6, 6.07) is 10.4. The van der Waals surface area contributed by atoms with Crippen LogP contribution in [-0.2, 0) is 6.54 Å². The quantitative estimate of drug-likeness (QED) is 0.797. The highest BCUT2D eigenvalue weighted by molar-refractivity contribution is 5.85. The van der Waals surface area contributed by atoms with Gasteiger partial charge >= 0.3 is 0 Å². The lowest BCUT2D eigenvalue weighted by Gasteiger charge is -2.04. The summed E-state index contributed by atoms with van der Waals surface area (Å²) >= 11 is 0. The Kier molecular flexibility index (Phi) is 4.47. The van der Waals surface area contributed by atoms with Gasteiger partial charge in [0, 0.05) is 19.5 Å². The summed E-state index contributed by atoms with van der Waals surface area (Å²) in [7, 11) is 0. The Morgan fingerprint density at radius 2 is 2.00 bits per heavy atom. The Balaban J connectivity index is 0.000000980. The molecule has 1 N–H and O–H groups in total. The highest BCUT2D eigenvalue weighted by Crippen LogP contribution is 2.03. The lowest BCUT2D eigenvalue weighted by molar-refractivity contribution is 0.888. The monoisotopic (exact) mass is 210 g/mol. The number of nitrogens with zero attached hydrogens (tertiary/aromatic N) is 1. The van der Waals surface area contributed by atoms with E-state index in [-0.39, 0.29) is 12.4 Å². The second-order valence-electron chi connectivity index (χ2n) is 3.27. The molecule has 0 fully saturated rings. The second kappa shape index (κ2) is 5.66. The fourth-order valence-corrected chi connectivity index (χ4v) is 1.48. The van der Waals surface area contributed by atoms with Crippen LogP contribution < -0.4 is 5.32 Å². The fourth-order valence-electron chi connectivity index (χ4n) is 1.48. The van der Waals surface area contributed by atoms with Gasteiger partial charge in [0.1, 0.15) is 0 Å². The molecule has 1 aromatic rings. The molecule has 2 nitrogen and oxygen atoms in total. The van der Waals surface area contributed by atoms with Gasteiger partial charge in [0.05, 0.1) is 5.84 Å². The van der Waals surface area contributed by atoms with Crippen molar-refractivity contribution in [3.05, 3.63) is 35.9 Å². The minimum absolute atomic E-state index is 0. The molecule has 76 valence electrons.